The van der Waals surface area contributed by atoms with Crippen molar-refractivity contribution >= 4 is 111 Å². The Balaban J connectivity index is 0.000000119. The van der Waals surface area contributed by atoms with E-state index in [2.05, 4.69) is 305 Å². The molecule has 0 spiro atoms. The van der Waals surface area contributed by atoms with Crippen LogP contribution in [0.25, 0.3) is 159 Å². The van der Waals surface area contributed by atoms with E-state index in [9.17, 15) is 0 Å². The SMILES string of the molecule is Brc1ccc(-c2ccc3c4c(cccc24)-c2ccccc2-3)cc1.C.[B].c1ccc2c(c1)-c1cccc3c(-c4ccc(-n5c6ccccc6c6cc7ccccc7cc65)cc4)ccc-2c13.c1ccc2cc3c(cc2c1)[nH]c1ccccc13. The predicted molar refractivity (Wildman–Crippen MR) is 353 cm³/mol. The Hall–Kier alpha value is -9.74. The van der Waals surface area contributed by atoms with Gasteiger partial charge in [-0.2, -0.15) is 0 Å². The maximum absolute atomic E-state index is 3.52. The van der Waals surface area contributed by atoms with Gasteiger partial charge in [-0.25, -0.2) is 0 Å². The standard InChI is InChI=1S/C38H23N.C22H13Br.C16H11N.CH4.B/c1-2-9-26-23-37-35(22-25(26)8-1)31-12-5-6-15-36(31)39(37)27-18-16-24(17-19-27)28-20-21-34-30-11-4-3-10-29(30)33-14-7-13-32(28)38(33)34;23-15-10-8-14(9-11-15)16-12-13-21-18-5-2-1-4-17(18)20-7-3-6-19(16)22(20)21;1-2-6-12-10-16-14(9-11(12)5-1)13-7-3-4-8-15(13)17-16;;/h1-23H;1-13H;1-10,17H;1H4;. The Morgan fingerprint density at radius 2 is 0.679 bits per heavy atom. The normalized spacial score (nSPS) is 11.6. The number of aromatic nitrogens is 2. The molecule has 3 radical (unpaired) electrons. The van der Waals surface area contributed by atoms with Gasteiger partial charge < -0.3 is 9.55 Å². The minimum Gasteiger partial charge on any atom is -0.354 e. The van der Waals surface area contributed by atoms with Crippen LogP contribution >= 0.6 is 15.9 Å². The minimum absolute atomic E-state index is 0. The van der Waals surface area contributed by atoms with Crippen LogP contribution < -0.4 is 0 Å². The van der Waals surface area contributed by atoms with Gasteiger partial charge in [0.2, 0.25) is 0 Å². The monoisotopic (exact) mass is 1090 g/mol. The van der Waals surface area contributed by atoms with Gasteiger partial charge in [-0.15, -0.1) is 0 Å². The van der Waals surface area contributed by atoms with E-state index in [1.54, 1.807) is 0 Å². The van der Waals surface area contributed by atoms with Gasteiger partial charge in [-0.1, -0.05) is 242 Å². The van der Waals surface area contributed by atoms with Crippen molar-refractivity contribution in [3.05, 3.63) is 284 Å². The number of benzene rings is 14. The summed E-state index contributed by atoms with van der Waals surface area (Å²) in [6, 6.07) is 101. The summed E-state index contributed by atoms with van der Waals surface area (Å²) in [5.41, 5.74) is 21.9. The summed E-state index contributed by atoms with van der Waals surface area (Å²) >= 11 is 3.52. The highest BCUT2D eigenvalue weighted by molar-refractivity contribution is 9.10. The maximum Gasteiger partial charge on any atom is 0.0547 e. The van der Waals surface area contributed by atoms with Gasteiger partial charge in [0.05, 0.1) is 11.0 Å². The molecule has 379 valence electrons. The second kappa shape index (κ2) is 19.9. The third-order valence-electron chi connectivity index (χ3n) is 16.6. The van der Waals surface area contributed by atoms with Crippen LogP contribution in [-0.2, 0) is 0 Å². The number of hydrogen-bond donors (Lipinski definition) is 1. The smallest absolute Gasteiger partial charge is 0.0547 e. The molecule has 0 atom stereocenters. The second-order valence-electron chi connectivity index (χ2n) is 20.9. The molecule has 2 nitrogen and oxygen atoms in total. The van der Waals surface area contributed by atoms with Crippen LogP contribution in [0.2, 0.25) is 0 Å². The van der Waals surface area contributed by atoms with Crippen molar-refractivity contribution in [1.82, 2.24) is 9.55 Å². The number of halogens is 1. The van der Waals surface area contributed by atoms with Crippen LogP contribution in [0.15, 0.2) is 284 Å². The Morgan fingerprint density at radius 3 is 1.25 bits per heavy atom. The zero-order valence-corrected chi connectivity index (χ0v) is 45.0. The Kier molecular flexibility index (Phi) is 12.2. The number of rotatable bonds is 3. The van der Waals surface area contributed by atoms with Gasteiger partial charge >= 0.3 is 0 Å². The predicted octanol–water partition coefficient (Wildman–Crippen LogP) is 22.1. The zero-order valence-electron chi connectivity index (χ0n) is 43.5. The van der Waals surface area contributed by atoms with E-state index in [1.807, 2.05) is 0 Å². The molecule has 0 saturated carbocycles. The van der Waals surface area contributed by atoms with Crippen LogP contribution in [0.4, 0.5) is 0 Å². The number of para-hydroxylation sites is 2. The van der Waals surface area contributed by atoms with Crippen molar-refractivity contribution < 1.29 is 0 Å². The lowest BCUT2D eigenvalue weighted by Gasteiger charge is -2.12. The van der Waals surface area contributed by atoms with Crippen LogP contribution in [0, 0.1) is 0 Å². The van der Waals surface area contributed by atoms with Crippen molar-refractivity contribution in [1.29, 1.82) is 0 Å². The number of hydrogen-bond acceptors (Lipinski definition) is 0. The van der Waals surface area contributed by atoms with Crippen molar-refractivity contribution in [2.45, 2.75) is 7.43 Å². The summed E-state index contributed by atoms with van der Waals surface area (Å²) in [6.45, 7) is 0. The van der Waals surface area contributed by atoms with Crippen LogP contribution in [0.1, 0.15) is 7.43 Å². The molecule has 16 aromatic rings. The first-order chi connectivity index (χ1) is 39.1. The Morgan fingerprint density at radius 1 is 0.272 bits per heavy atom. The first kappa shape index (κ1) is 49.6. The molecule has 81 heavy (non-hydrogen) atoms. The van der Waals surface area contributed by atoms with Crippen LogP contribution in [-0.4, -0.2) is 18.0 Å². The van der Waals surface area contributed by atoms with Crippen molar-refractivity contribution in [3.8, 4) is 72.4 Å². The molecule has 2 aliphatic rings. The Bertz CT molecular complexity index is 5080. The van der Waals surface area contributed by atoms with Gasteiger partial charge in [0.1, 0.15) is 0 Å². The van der Waals surface area contributed by atoms with E-state index in [1.165, 1.54) is 159 Å². The van der Waals surface area contributed by atoms with E-state index in [4.69, 9.17) is 0 Å². The number of nitrogens with zero attached hydrogens (tertiary/aromatic N) is 1. The van der Waals surface area contributed by atoms with E-state index >= 15 is 0 Å². The number of H-pyrrole nitrogens is 1. The molecule has 1 N–H and O–H groups in total. The molecular weight excluding hydrogens is 1040 g/mol. The molecule has 0 saturated heterocycles. The molecule has 0 aliphatic heterocycles. The third-order valence-corrected chi connectivity index (χ3v) is 17.1. The number of fused-ring (bicyclic) bond motifs is 14. The summed E-state index contributed by atoms with van der Waals surface area (Å²) in [5, 5.41) is 15.7. The molecule has 0 amide bonds. The quantitative estimate of drug-likeness (QED) is 0.170. The van der Waals surface area contributed by atoms with Gasteiger partial charge in [-0.3, -0.25) is 0 Å². The minimum atomic E-state index is 0. The number of aromatic amines is 1. The second-order valence-corrected chi connectivity index (χ2v) is 21.8. The van der Waals surface area contributed by atoms with Crippen molar-refractivity contribution in [2.24, 2.45) is 0 Å². The Labute approximate surface area is 480 Å². The molecule has 0 fully saturated rings. The molecule has 2 aromatic heterocycles. The van der Waals surface area contributed by atoms with Gasteiger partial charge in [0.25, 0.3) is 0 Å². The fourth-order valence-electron chi connectivity index (χ4n) is 13.0. The molecule has 2 aliphatic carbocycles. The summed E-state index contributed by atoms with van der Waals surface area (Å²) in [6.07, 6.45) is 0. The topological polar surface area (TPSA) is 20.7 Å². The first-order valence-corrected chi connectivity index (χ1v) is 27.9. The average molecular weight is 1090 g/mol. The van der Waals surface area contributed by atoms with E-state index in [-0.39, 0.29) is 15.8 Å². The molecule has 2 heterocycles. The fraction of sp³-hybridized carbons (Fsp3) is 0.0130. The van der Waals surface area contributed by atoms with Crippen molar-refractivity contribution in [2.75, 3.05) is 0 Å². The van der Waals surface area contributed by atoms with Crippen LogP contribution in [0.5, 0.6) is 0 Å². The summed E-state index contributed by atoms with van der Waals surface area (Å²) in [5.74, 6) is 0. The highest BCUT2D eigenvalue weighted by atomic mass is 79.9. The molecule has 0 unspecified atom stereocenters. The lowest BCUT2D eigenvalue weighted by atomic mass is 9.94. The van der Waals surface area contributed by atoms with Crippen LogP contribution in [0.3, 0.4) is 0 Å². The molecule has 4 heteroatoms. The summed E-state index contributed by atoms with van der Waals surface area (Å²) < 4.78 is 3.52. The highest BCUT2D eigenvalue weighted by Gasteiger charge is 2.24. The highest BCUT2D eigenvalue weighted by Crippen LogP contribution is 2.51. The lowest BCUT2D eigenvalue weighted by Crippen LogP contribution is -1.94. The summed E-state index contributed by atoms with van der Waals surface area (Å²) in [7, 11) is 0. The largest absolute Gasteiger partial charge is 0.354 e. The maximum atomic E-state index is 3.52. The third kappa shape index (κ3) is 8.00. The molecule has 18 rings (SSSR count). The molecule has 0 bridgehead atoms. The van der Waals surface area contributed by atoms with Gasteiger partial charge in [-0.05, 0) is 171 Å². The fourth-order valence-corrected chi connectivity index (χ4v) is 13.3. The lowest BCUT2D eigenvalue weighted by molar-refractivity contribution is 1.18. The molecular formula is C77H51BBrN2. The zero-order chi connectivity index (χ0) is 52.1. The summed E-state index contributed by atoms with van der Waals surface area (Å²) in [4.78, 5) is 3.47. The van der Waals surface area contributed by atoms with E-state index < -0.39 is 0 Å². The van der Waals surface area contributed by atoms with E-state index in [0.717, 1.165) is 4.47 Å². The van der Waals surface area contributed by atoms with Gasteiger partial charge in [0.15, 0.2) is 0 Å². The van der Waals surface area contributed by atoms with E-state index in [0.29, 0.717) is 0 Å². The average Bonchev–Trinajstić information content (AvgIpc) is 4.26. The number of nitrogens with one attached hydrogen (secondary N) is 1. The molecule has 14 aromatic carbocycles. The van der Waals surface area contributed by atoms with Crippen molar-refractivity contribution in [3.63, 3.8) is 0 Å². The first-order valence-electron chi connectivity index (χ1n) is 27.1. The van der Waals surface area contributed by atoms with Gasteiger partial charge in [0, 0.05) is 51.2 Å².